The number of ether oxygens (including phenoxy) is 4. The van der Waals surface area contributed by atoms with E-state index in [-0.39, 0.29) is 19.8 Å². The van der Waals surface area contributed by atoms with E-state index in [1.54, 1.807) is 12.1 Å². The quantitative estimate of drug-likeness (QED) is 0.0266. The van der Waals surface area contributed by atoms with E-state index in [0.717, 1.165) is 123 Å². The maximum absolute atomic E-state index is 13.6. The lowest BCUT2D eigenvalue weighted by molar-refractivity contribution is -0.283. The highest BCUT2D eigenvalue weighted by molar-refractivity contribution is 5.94. The Balaban J connectivity index is 1.25. The van der Waals surface area contributed by atoms with Gasteiger partial charge in [0.2, 0.25) is 5.36 Å². The molecule has 0 saturated heterocycles. The molecule has 3 aromatic rings. The van der Waals surface area contributed by atoms with Crippen LogP contribution in [0.4, 0.5) is 5.69 Å². The van der Waals surface area contributed by atoms with Crippen LogP contribution in [0.2, 0.25) is 0 Å². The molecule has 304 valence electrons. The predicted octanol–water partition coefficient (Wildman–Crippen LogP) is 6.22. The van der Waals surface area contributed by atoms with E-state index in [4.69, 9.17) is 23.8 Å². The van der Waals surface area contributed by atoms with Crippen LogP contribution in [0.1, 0.15) is 113 Å². The fourth-order valence-electron chi connectivity index (χ4n) is 9.60. The van der Waals surface area contributed by atoms with Crippen LogP contribution < -0.4 is 24.8 Å². The number of hydrogen-bond acceptors (Lipinski definition) is 10. The summed E-state index contributed by atoms with van der Waals surface area (Å²) in [5.41, 5.74) is 10.4. The molecular formula is C47H53N2O9+. The lowest BCUT2D eigenvalue weighted by Gasteiger charge is -2.39. The molecule has 0 spiro atoms. The third-order valence-corrected chi connectivity index (χ3v) is 12.2. The number of hydrogen-bond donors (Lipinski definition) is 1. The summed E-state index contributed by atoms with van der Waals surface area (Å²) in [5.74, 6) is 0.353. The van der Waals surface area contributed by atoms with Crippen molar-refractivity contribution in [3.05, 3.63) is 111 Å². The lowest BCUT2D eigenvalue weighted by atomic mass is 9.80. The number of aryl methyl sites for hydroxylation is 2. The molecule has 5 aliphatic rings. The number of benzene rings is 3. The van der Waals surface area contributed by atoms with Crippen LogP contribution in [-0.2, 0) is 54.4 Å². The first-order valence-electron chi connectivity index (χ1n) is 21.0. The minimum absolute atomic E-state index is 0.149. The molecule has 0 aromatic heterocycles. The first-order chi connectivity index (χ1) is 28.4. The van der Waals surface area contributed by atoms with Gasteiger partial charge in [0.05, 0.1) is 30.9 Å². The van der Waals surface area contributed by atoms with Crippen LogP contribution in [0.5, 0.6) is 11.5 Å². The Morgan fingerprint density at radius 1 is 0.776 bits per heavy atom. The van der Waals surface area contributed by atoms with Crippen LogP contribution >= 0.6 is 0 Å². The Labute approximate surface area is 339 Å². The number of fused-ring (bicyclic) bond motifs is 4. The zero-order valence-electron chi connectivity index (χ0n) is 33.3. The molecule has 0 aliphatic carbocycles. The van der Waals surface area contributed by atoms with Gasteiger partial charge in [0.1, 0.15) is 30.7 Å². The van der Waals surface area contributed by atoms with Gasteiger partial charge in [0, 0.05) is 71.3 Å². The monoisotopic (exact) mass is 789 g/mol. The summed E-state index contributed by atoms with van der Waals surface area (Å²) < 4.78 is 25.8. The Morgan fingerprint density at radius 3 is 2.19 bits per heavy atom. The number of carbonyl (C=O) groups excluding carboxylic acids is 3. The molecule has 1 unspecified atom stereocenters. The second-order valence-electron chi connectivity index (χ2n) is 15.8. The van der Waals surface area contributed by atoms with Crippen molar-refractivity contribution in [3.8, 4) is 11.5 Å². The van der Waals surface area contributed by atoms with E-state index >= 15 is 0 Å². The Hall–Kier alpha value is -5.26. The van der Waals surface area contributed by atoms with Crippen molar-refractivity contribution in [2.75, 3.05) is 50.9 Å². The van der Waals surface area contributed by atoms with Gasteiger partial charge in [0.25, 0.3) is 0 Å². The van der Waals surface area contributed by atoms with Gasteiger partial charge < -0.3 is 23.8 Å². The minimum atomic E-state index is -0.808. The van der Waals surface area contributed by atoms with Crippen LogP contribution in [0.25, 0.3) is 5.57 Å². The van der Waals surface area contributed by atoms with Crippen molar-refractivity contribution in [2.45, 2.75) is 89.6 Å². The van der Waals surface area contributed by atoms with Crippen molar-refractivity contribution < 1.29 is 43.5 Å². The number of nitrogens with zero attached hydrogens (tertiary/aromatic N) is 2. The molecule has 11 nitrogen and oxygen atoms in total. The first-order valence-corrected chi connectivity index (χ1v) is 21.0. The van der Waals surface area contributed by atoms with E-state index in [2.05, 4.69) is 34.8 Å². The largest absolute Gasteiger partial charge is 0.463 e. The summed E-state index contributed by atoms with van der Waals surface area (Å²) in [6.07, 6.45) is 12.2. The SMILES string of the molecule is C=CC(=O)OCCCCOC(=O)c1ccc(C2=c3cc4c5c(c3Oc3c2cc2c6c3CCCN6CCC2)CCC[N+]=5CCC4)c(C(CCCCOC(=O)C=C)OO)c1. The smallest absolute Gasteiger partial charge is 0.338 e. The summed E-state index contributed by atoms with van der Waals surface area (Å²) in [5, 5.41) is 13.0. The molecule has 8 rings (SSSR count). The highest BCUT2D eigenvalue weighted by Gasteiger charge is 2.37. The number of carbonyl (C=O) groups is 3. The summed E-state index contributed by atoms with van der Waals surface area (Å²) in [7, 11) is 0. The highest BCUT2D eigenvalue weighted by atomic mass is 17.1. The first kappa shape index (κ1) is 39.6. The van der Waals surface area contributed by atoms with Gasteiger partial charge in [-0.2, -0.15) is 0 Å². The van der Waals surface area contributed by atoms with E-state index in [9.17, 15) is 19.6 Å². The molecule has 0 radical (unpaired) electrons. The zero-order chi connectivity index (χ0) is 40.2. The van der Waals surface area contributed by atoms with Crippen molar-refractivity contribution >= 4 is 29.2 Å². The second-order valence-corrected chi connectivity index (χ2v) is 15.8. The molecule has 3 aromatic carbocycles. The number of unbranched alkanes of at least 4 members (excludes halogenated alkanes) is 2. The average molecular weight is 790 g/mol. The summed E-state index contributed by atoms with van der Waals surface area (Å²) >= 11 is 0. The summed E-state index contributed by atoms with van der Waals surface area (Å²) in [6, 6.07) is 10.2. The number of rotatable bonds is 16. The summed E-state index contributed by atoms with van der Waals surface area (Å²) in [6.45, 7) is 11.6. The fourth-order valence-corrected chi connectivity index (χ4v) is 9.60. The van der Waals surface area contributed by atoms with Crippen LogP contribution in [0, 0.1) is 0 Å². The topological polar surface area (TPSA) is 124 Å². The third-order valence-electron chi connectivity index (χ3n) is 12.2. The average Bonchev–Trinajstić information content (AvgIpc) is 3.25. The fraction of sp³-hybridized carbons (Fsp3) is 0.447. The maximum Gasteiger partial charge on any atom is 0.338 e. The molecule has 11 heteroatoms. The van der Waals surface area contributed by atoms with Gasteiger partial charge in [-0.1, -0.05) is 19.2 Å². The van der Waals surface area contributed by atoms with Crippen LogP contribution in [0.3, 0.4) is 0 Å². The minimum Gasteiger partial charge on any atom is -0.463 e. The van der Waals surface area contributed by atoms with Gasteiger partial charge in [-0.25, -0.2) is 23.8 Å². The molecular weight excluding hydrogens is 737 g/mol. The molecule has 0 bridgehead atoms. The molecule has 58 heavy (non-hydrogen) atoms. The van der Waals surface area contributed by atoms with Gasteiger partial charge in [0.15, 0.2) is 0 Å². The molecule has 1 N–H and O–H groups in total. The Morgan fingerprint density at radius 2 is 1.45 bits per heavy atom. The molecule has 5 aliphatic heterocycles. The Bertz CT molecular complexity index is 2270. The van der Waals surface area contributed by atoms with Gasteiger partial charge >= 0.3 is 17.9 Å². The van der Waals surface area contributed by atoms with Crippen molar-refractivity contribution in [1.29, 1.82) is 0 Å². The third kappa shape index (κ3) is 7.82. The lowest BCUT2D eigenvalue weighted by Crippen LogP contribution is -2.45. The maximum atomic E-state index is 13.6. The van der Waals surface area contributed by atoms with Crippen LogP contribution in [0.15, 0.2) is 55.6 Å². The highest BCUT2D eigenvalue weighted by Crippen LogP contribution is 2.49. The standard InChI is InChI=1S/C47H52N2O9/c1-3-40(50)54-24-6-5-17-39(58-53)36-29-32(47(52)56-26-8-7-25-55-41(51)4-2)18-19-33(36)42-37-27-30-13-9-20-48-22-11-15-34(43(30)48)45(37)57-46-35-16-12-23-49-21-10-14-31(44(35)49)28-38(42)46/h3-4,18-19,27-29,39H,1-2,5-17,20-26H2/p+1. The Kier molecular flexibility index (Phi) is 12.1. The normalized spacial score (nSPS) is 16.5. The second kappa shape index (κ2) is 17.7. The van der Waals surface area contributed by atoms with Crippen LogP contribution in [-0.4, -0.2) is 69.2 Å². The number of anilines is 1. The molecule has 0 saturated carbocycles. The zero-order valence-corrected chi connectivity index (χ0v) is 33.3. The molecule has 0 fully saturated rings. The molecule has 5 heterocycles. The molecule has 1 atom stereocenters. The van der Waals surface area contributed by atoms with E-state index < -0.39 is 24.0 Å². The van der Waals surface area contributed by atoms with Gasteiger partial charge in [-0.15, -0.1) is 0 Å². The molecule has 0 amide bonds. The van der Waals surface area contributed by atoms with Crippen molar-refractivity contribution in [3.63, 3.8) is 0 Å². The van der Waals surface area contributed by atoms with Crippen molar-refractivity contribution in [2.24, 2.45) is 0 Å². The summed E-state index contributed by atoms with van der Waals surface area (Å²) in [4.78, 5) is 44.6. The van der Waals surface area contributed by atoms with Crippen molar-refractivity contribution in [1.82, 2.24) is 4.58 Å². The van der Waals surface area contributed by atoms with E-state index in [0.29, 0.717) is 43.2 Å². The van der Waals surface area contributed by atoms with E-state index in [1.165, 1.54) is 33.3 Å². The van der Waals surface area contributed by atoms with Gasteiger partial charge in [-0.3, -0.25) is 5.26 Å². The number of esters is 3. The van der Waals surface area contributed by atoms with E-state index in [1.807, 2.05) is 6.07 Å². The predicted molar refractivity (Wildman–Crippen MR) is 219 cm³/mol. The van der Waals surface area contributed by atoms with Gasteiger partial charge in [-0.05, 0) is 112 Å².